The molecule has 33 heavy (non-hydrogen) atoms. The fourth-order valence-electron chi connectivity index (χ4n) is 3.28. The number of imidazole rings is 1. The Labute approximate surface area is 189 Å². The van der Waals surface area contributed by atoms with Crippen molar-refractivity contribution in [3.63, 3.8) is 0 Å². The van der Waals surface area contributed by atoms with Gasteiger partial charge in [-0.3, -0.25) is 23.8 Å². The van der Waals surface area contributed by atoms with Gasteiger partial charge in [0.1, 0.15) is 11.3 Å². The van der Waals surface area contributed by atoms with E-state index in [2.05, 4.69) is 24.8 Å². The molecule has 0 spiro atoms. The van der Waals surface area contributed by atoms with Crippen LogP contribution in [0.2, 0.25) is 0 Å². The summed E-state index contributed by atoms with van der Waals surface area (Å²) in [5, 5.41) is 11.7. The lowest BCUT2D eigenvalue weighted by Crippen LogP contribution is -2.17. The lowest BCUT2D eigenvalue weighted by molar-refractivity contribution is 0.596. The summed E-state index contributed by atoms with van der Waals surface area (Å²) in [6.45, 7) is 0. The second kappa shape index (κ2) is 8.67. The van der Waals surface area contributed by atoms with Gasteiger partial charge in [-0.2, -0.15) is 13.5 Å². The van der Waals surface area contributed by atoms with Crippen molar-refractivity contribution in [1.29, 1.82) is 5.41 Å². The van der Waals surface area contributed by atoms with Gasteiger partial charge in [0, 0.05) is 73.6 Å². The maximum atomic E-state index is 13.3. The van der Waals surface area contributed by atoms with Gasteiger partial charge in [-0.05, 0) is 18.2 Å². The zero-order valence-corrected chi connectivity index (χ0v) is 18.7. The van der Waals surface area contributed by atoms with Crippen molar-refractivity contribution in [2.45, 2.75) is 5.03 Å². The van der Waals surface area contributed by atoms with E-state index in [4.69, 9.17) is 11.1 Å². The second-order valence-corrected chi connectivity index (χ2v) is 8.69. The molecule has 4 aromatic heterocycles. The van der Waals surface area contributed by atoms with Crippen LogP contribution >= 0.6 is 0 Å². The van der Waals surface area contributed by atoms with E-state index in [0.29, 0.717) is 16.8 Å². The van der Waals surface area contributed by atoms with Gasteiger partial charge in [0.25, 0.3) is 10.0 Å². The third-order valence-corrected chi connectivity index (χ3v) is 6.21. The number of allylic oxidation sites excluding steroid dienone is 1. The molecule has 0 aliphatic rings. The van der Waals surface area contributed by atoms with Gasteiger partial charge in [0.15, 0.2) is 5.03 Å². The number of pyridine rings is 2. The van der Waals surface area contributed by atoms with Gasteiger partial charge in [-0.25, -0.2) is 4.98 Å². The zero-order valence-electron chi connectivity index (χ0n) is 17.8. The molecular formula is C21H21N9O2S. The van der Waals surface area contributed by atoms with Crippen molar-refractivity contribution in [2.75, 3.05) is 11.8 Å². The molecule has 4 N–H and O–H groups in total. The molecule has 168 valence electrons. The van der Waals surface area contributed by atoms with Crippen LogP contribution in [0.1, 0.15) is 11.3 Å². The van der Waals surface area contributed by atoms with E-state index in [1.807, 2.05) is 12.3 Å². The molecule has 4 aromatic rings. The maximum absolute atomic E-state index is 13.3. The molecule has 4 rings (SSSR count). The van der Waals surface area contributed by atoms with E-state index in [1.165, 1.54) is 29.2 Å². The largest absolute Gasteiger partial charge is 0.404 e. The number of aliphatic imine (C=N–C) groups is 1. The molecule has 11 nitrogen and oxygen atoms in total. The van der Waals surface area contributed by atoms with Crippen LogP contribution < -0.4 is 10.5 Å². The number of aromatic nitrogens is 5. The highest BCUT2D eigenvalue weighted by molar-refractivity contribution is 7.92. The Hall–Kier alpha value is -4.32. The van der Waals surface area contributed by atoms with Crippen molar-refractivity contribution in [1.82, 2.24) is 24.1 Å². The maximum Gasteiger partial charge on any atom is 0.279 e. The van der Waals surface area contributed by atoms with Crippen molar-refractivity contribution < 1.29 is 8.42 Å². The summed E-state index contributed by atoms with van der Waals surface area (Å²) in [6.07, 6.45) is 11.8. The number of nitrogens with one attached hydrogen (secondary N) is 2. The number of nitrogens with zero attached hydrogens (tertiary/aromatic N) is 6. The Morgan fingerprint density at radius 3 is 2.67 bits per heavy atom. The Kier molecular flexibility index (Phi) is 5.75. The third kappa shape index (κ3) is 4.23. The Balaban J connectivity index is 1.77. The quantitative estimate of drug-likeness (QED) is 0.356. The predicted molar refractivity (Wildman–Crippen MR) is 127 cm³/mol. The Morgan fingerprint density at radius 2 is 2.00 bits per heavy atom. The van der Waals surface area contributed by atoms with Crippen LogP contribution in [0.25, 0.3) is 22.3 Å². The van der Waals surface area contributed by atoms with Crippen LogP contribution in [0.5, 0.6) is 0 Å². The first-order valence-corrected chi connectivity index (χ1v) is 11.2. The average molecular weight is 464 g/mol. The highest BCUT2D eigenvalue weighted by Crippen LogP contribution is 2.25. The summed E-state index contributed by atoms with van der Waals surface area (Å²) in [4.78, 5) is 12.3. The van der Waals surface area contributed by atoms with Gasteiger partial charge < -0.3 is 11.1 Å². The third-order valence-electron chi connectivity index (χ3n) is 4.87. The molecule has 0 saturated heterocycles. The van der Waals surface area contributed by atoms with Crippen LogP contribution in [0, 0.1) is 5.41 Å². The number of rotatable bonds is 7. The zero-order chi connectivity index (χ0) is 23.6. The highest BCUT2D eigenvalue weighted by Gasteiger charge is 2.22. The normalized spacial score (nSPS) is 12.5. The molecule has 12 heteroatoms. The molecule has 0 aliphatic carbocycles. The fourth-order valence-corrected chi connectivity index (χ4v) is 4.43. The number of aryl methyl sites for hydroxylation is 1. The molecule has 0 bridgehead atoms. The minimum absolute atomic E-state index is 0.0608. The van der Waals surface area contributed by atoms with Gasteiger partial charge in [0.05, 0.1) is 18.1 Å². The van der Waals surface area contributed by atoms with E-state index in [1.54, 1.807) is 43.3 Å². The van der Waals surface area contributed by atoms with Crippen LogP contribution in [0.15, 0.2) is 65.4 Å². The number of sulfonamides is 1. The van der Waals surface area contributed by atoms with E-state index in [0.717, 1.165) is 17.3 Å². The number of hydrogen-bond donors (Lipinski definition) is 3. The number of hydrogen-bond acceptors (Lipinski definition) is 8. The first kappa shape index (κ1) is 21.9. The second-order valence-electron chi connectivity index (χ2n) is 7.06. The van der Waals surface area contributed by atoms with Gasteiger partial charge in [-0.15, -0.1) is 0 Å². The number of fused-ring (bicyclic) bond motifs is 1. The standard InChI is InChI=1S/C21H21N9O2S/c1-24-8-16(6-22)15-5-18(19(7-23)25-9-15)28-33(31,32)21-11-26-20-4-3-14(13-30(20)21)17-10-27-29(2)12-17/h3-13,23,28H,22H2,1-2H3. The summed E-state index contributed by atoms with van der Waals surface area (Å²) in [6, 6.07) is 5.13. The predicted octanol–water partition coefficient (Wildman–Crippen LogP) is 1.93. The number of anilines is 1. The van der Waals surface area contributed by atoms with Crippen LogP contribution in [0.3, 0.4) is 0 Å². The van der Waals surface area contributed by atoms with Crippen LogP contribution in [-0.4, -0.2) is 52.0 Å². The van der Waals surface area contributed by atoms with Gasteiger partial charge in [-0.1, -0.05) is 0 Å². The molecule has 4 heterocycles. The molecule has 0 atom stereocenters. The monoisotopic (exact) mass is 463 g/mol. The SMILES string of the molecule is CN=CC(=CN)c1cnc(C=N)c(NS(=O)(=O)c2cnc3ccc(-c4cnn(C)c4)cn23)c1. The van der Waals surface area contributed by atoms with Crippen molar-refractivity contribution >= 4 is 39.4 Å². The van der Waals surface area contributed by atoms with Crippen molar-refractivity contribution in [3.8, 4) is 11.1 Å². The van der Waals surface area contributed by atoms with Crippen LogP contribution in [0.4, 0.5) is 5.69 Å². The summed E-state index contributed by atoms with van der Waals surface area (Å²) in [7, 11) is -0.683. The average Bonchev–Trinajstić information content (AvgIpc) is 3.43. The van der Waals surface area contributed by atoms with E-state index in [-0.39, 0.29) is 16.4 Å². The Morgan fingerprint density at radius 1 is 1.18 bits per heavy atom. The first-order valence-electron chi connectivity index (χ1n) is 9.70. The molecule has 0 unspecified atom stereocenters. The molecule has 0 aromatic carbocycles. The van der Waals surface area contributed by atoms with Gasteiger partial charge >= 0.3 is 0 Å². The fraction of sp³-hybridized carbons (Fsp3) is 0.0952. The molecular weight excluding hydrogens is 442 g/mol. The molecule has 0 amide bonds. The van der Waals surface area contributed by atoms with Gasteiger partial charge in [0.2, 0.25) is 0 Å². The lowest BCUT2D eigenvalue weighted by Gasteiger charge is -2.12. The topological polar surface area (TPSA) is 156 Å². The van der Waals surface area contributed by atoms with Crippen molar-refractivity contribution in [2.24, 2.45) is 17.8 Å². The highest BCUT2D eigenvalue weighted by atomic mass is 32.2. The van der Waals surface area contributed by atoms with E-state index in [9.17, 15) is 8.42 Å². The minimum Gasteiger partial charge on any atom is -0.404 e. The molecule has 0 aliphatic heterocycles. The molecule has 0 saturated carbocycles. The summed E-state index contributed by atoms with van der Waals surface area (Å²) >= 11 is 0. The van der Waals surface area contributed by atoms with Crippen LogP contribution in [-0.2, 0) is 17.1 Å². The van der Waals surface area contributed by atoms with E-state index >= 15 is 0 Å². The number of nitrogens with two attached hydrogens (primary N) is 1. The molecule has 0 radical (unpaired) electrons. The summed E-state index contributed by atoms with van der Waals surface area (Å²) in [5.41, 5.74) is 9.13. The van der Waals surface area contributed by atoms with E-state index < -0.39 is 10.0 Å². The first-order chi connectivity index (χ1) is 15.9. The van der Waals surface area contributed by atoms with Crippen molar-refractivity contribution in [3.05, 3.63) is 66.6 Å². The molecule has 0 fully saturated rings. The minimum atomic E-state index is -4.08. The smallest absolute Gasteiger partial charge is 0.279 e. The lowest BCUT2D eigenvalue weighted by atomic mass is 10.1. The summed E-state index contributed by atoms with van der Waals surface area (Å²) < 4.78 is 32.3. The Bertz CT molecular complexity index is 1510. The summed E-state index contributed by atoms with van der Waals surface area (Å²) in [5.74, 6) is 0.